The van der Waals surface area contributed by atoms with Crippen LogP contribution in [0.3, 0.4) is 0 Å². The highest BCUT2D eigenvalue weighted by molar-refractivity contribution is 5.86. The van der Waals surface area contributed by atoms with E-state index in [2.05, 4.69) is 14.7 Å². The van der Waals surface area contributed by atoms with Crippen LogP contribution in [0.2, 0.25) is 0 Å². The van der Waals surface area contributed by atoms with Crippen molar-refractivity contribution in [2.24, 2.45) is 0 Å². The highest BCUT2D eigenvalue weighted by Crippen LogP contribution is 2.22. The lowest BCUT2D eigenvalue weighted by molar-refractivity contribution is 0.0593. The summed E-state index contributed by atoms with van der Waals surface area (Å²) in [6, 6.07) is 0.295. The number of carbonyl (C=O) groups is 1. The van der Waals surface area contributed by atoms with Gasteiger partial charge in [0.25, 0.3) is 0 Å². The number of hydrogen-bond donors (Lipinski definition) is 0. The molecule has 1 saturated heterocycles. The van der Waals surface area contributed by atoms with Crippen LogP contribution in [0.25, 0.3) is 0 Å². The summed E-state index contributed by atoms with van der Waals surface area (Å²) in [6.45, 7) is 2.81. The molecule has 0 aromatic carbocycles. The van der Waals surface area contributed by atoms with Crippen LogP contribution < -0.4 is 4.90 Å². The molecule has 0 N–H and O–H groups in total. The molecule has 0 radical (unpaired) electrons. The molecule has 0 bridgehead atoms. The Balaban J connectivity index is 2.11. The molecule has 6 nitrogen and oxygen atoms in total. The normalized spacial score (nSPS) is 22.8. The van der Waals surface area contributed by atoms with Crippen molar-refractivity contribution in [3.05, 3.63) is 18.1 Å². The van der Waals surface area contributed by atoms with Crippen molar-refractivity contribution in [1.82, 2.24) is 9.97 Å². The summed E-state index contributed by atoms with van der Waals surface area (Å²) < 4.78 is 10.1. The summed E-state index contributed by atoms with van der Waals surface area (Å²) in [5.74, 6) is 0.249. The van der Waals surface area contributed by atoms with Gasteiger partial charge in [-0.3, -0.25) is 0 Å². The fourth-order valence-electron chi connectivity index (χ4n) is 2.11. The fourth-order valence-corrected chi connectivity index (χ4v) is 2.11. The molecule has 6 heteroatoms. The Bertz CT molecular complexity index is 421. The van der Waals surface area contributed by atoms with Crippen molar-refractivity contribution in [2.45, 2.75) is 25.5 Å². The maximum Gasteiger partial charge on any atom is 0.358 e. The predicted octanol–water partition coefficient (Wildman–Crippen LogP) is 0.877. The van der Waals surface area contributed by atoms with Gasteiger partial charge in [0, 0.05) is 13.7 Å². The average molecular weight is 251 g/mol. The molecule has 0 aliphatic carbocycles. The second kappa shape index (κ2) is 5.30. The van der Waals surface area contributed by atoms with E-state index < -0.39 is 5.97 Å². The van der Waals surface area contributed by atoms with Gasteiger partial charge in [-0.25, -0.2) is 14.8 Å². The van der Waals surface area contributed by atoms with Crippen molar-refractivity contribution in [3.8, 4) is 0 Å². The molecule has 2 atom stereocenters. The minimum absolute atomic E-state index is 0.178. The molecule has 0 spiro atoms. The number of methoxy groups -OCH3 is 1. The van der Waals surface area contributed by atoms with Gasteiger partial charge in [0.05, 0.1) is 31.6 Å². The van der Waals surface area contributed by atoms with E-state index in [1.165, 1.54) is 13.3 Å². The van der Waals surface area contributed by atoms with Crippen molar-refractivity contribution >= 4 is 11.8 Å². The zero-order chi connectivity index (χ0) is 13.1. The standard InChI is InChI=1S/C12H17N3O3/c1-8-10(4-5-18-8)15(2)11-7-13-9(6-14-11)12(16)17-3/h6-8,10H,4-5H2,1-3H3. The van der Waals surface area contributed by atoms with Crippen LogP contribution in [0.4, 0.5) is 5.82 Å². The van der Waals surface area contributed by atoms with E-state index in [0.29, 0.717) is 6.04 Å². The van der Waals surface area contributed by atoms with Gasteiger partial charge in [-0.15, -0.1) is 0 Å². The summed E-state index contributed by atoms with van der Waals surface area (Å²) >= 11 is 0. The summed E-state index contributed by atoms with van der Waals surface area (Å²) in [7, 11) is 3.28. The predicted molar refractivity (Wildman–Crippen MR) is 65.6 cm³/mol. The molecule has 0 amide bonds. The van der Waals surface area contributed by atoms with Crippen LogP contribution in [0.5, 0.6) is 0 Å². The molecule has 2 unspecified atom stereocenters. The molecular formula is C12H17N3O3. The van der Waals surface area contributed by atoms with Crippen molar-refractivity contribution in [1.29, 1.82) is 0 Å². The third kappa shape index (κ3) is 2.43. The third-order valence-corrected chi connectivity index (χ3v) is 3.23. The quantitative estimate of drug-likeness (QED) is 0.743. The number of esters is 1. The number of nitrogens with zero attached hydrogens (tertiary/aromatic N) is 3. The van der Waals surface area contributed by atoms with E-state index in [9.17, 15) is 4.79 Å². The first-order valence-corrected chi connectivity index (χ1v) is 5.88. The average Bonchev–Trinajstić information content (AvgIpc) is 2.83. The van der Waals surface area contributed by atoms with Gasteiger partial charge in [0.1, 0.15) is 5.82 Å². The minimum Gasteiger partial charge on any atom is -0.464 e. The minimum atomic E-state index is -0.478. The first-order valence-electron chi connectivity index (χ1n) is 5.88. The van der Waals surface area contributed by atoms with Crippen LogP contribution >= 0.6 is 0 Å². The molecular weight excluding hydrogens is 234 g/mol. The van der Waals surface area contributed by atoms with Crippen LogP contribution in [-0.2, 0) is 9.47 Å². The Morgan fingerprint density at radius 3 is 2.78 bits per heavy atom. The monoisotopic (exact) mass is 251 g/mol. The smallest absolute Gasteiger partial charge is 0.358 e. The number of anilines is 1. The molecule has 1 aliphatic heterocycles. The molecule has 1 aromatic rings. The second-order valence-corrected chi connectivity index (χ2v) is 4.29. The lowest BCUT2D eigenvalue weighted by atomic mass is 10.1. The van der Waals surface area contributed by atoms with Gasteiger partial charge in [-0.05, 0) is 13.3 Å². The maximum absolute atomic E-state index is 11.2. The van der Waals surface area contributed by atoms with E-state index in [1.54, 1.807) is 6.20 Å². The SMILES string of the molecule is COC(=O)c1cnc(N(C)C2CCOC2C)cn1. The molecule has 2 heterocycles. The van der Waals surface area contributed by atoms with Gasteiger partial charge in [0.2, 0.25) is 0 Å². The summed E-state index contributed by atoms with van der Waals surface area (Å²) in [5, 5.41) is 0. The number of ether oxygens (including phenoxy) is 2. The van der Waals surface area contributed by atoms with Gasteiger partial charge >= 0.3 is 5.97 Å². The summed E-state index contributed by atoms with van der Waals surface area (Å²) in [6.07, 6.45) is 4.16. The van der Waals surface area contributed by atoms with Gasteiger partial charge in [-0.1, -0.05) is 0 Å². The van der Waals surface area contributed by atoms with E-state index in [4.69, 9.17) is 4.74 Å². The van der Waals surface area contributed by atoms with Crippen LogP contribution in [-0.4, -0.2) is 48.8 Å². The van der Waals surface area contributed by atoms with E-state index in [-0.39, 0.29) is 11.8 Å². The molecule has 18 heavy (non-hydrogen) atoms. The van der Waals surface area contributed by atoms with Gasteiger partial charge in [-0.2, -0.15) is 0 Å². The zero-order valence-electron chi connectivity index (χ0n) is 10.8. The number of carbonyl (C=O) groups excluding carboxylic acids is 1. The highest BCUT2D eigenvalue weighted by atomic mass is 16.5. The van der Waals surface area contributed by atoms with Gasteiger partial charge in [0.15, 0.2) is 5.69 Å². The Kier molecular flexibility index (Phi) is 3.76. The lowest BCUT2D eigenvalue weighted by Gasteiger charge is -2.27. The van der Waals surface area contributed by atoms with E-state index >= 15 is 0 Å². The van der Waals surface area contributed by atoms with Crippen LogP contribution in [0.15, 0.2) is 12.4 Å². The van der Waals surface area contributed by atoms with E-state index in [1.807, 2.05) is 18.9 Å². The molecule has 1 fully saturated rings. The second-order valence-electron chi connectivity index (χ2n) is 4.29. The Morgan fingerprint density at radius 2 is 2.28 bits per heavy atom. The zero-order valence-corrected chi connectivity index (χ0v) is 10.8. The Morgan fingerprint density at radius 1 is 1.50 bits per heavy atom. The number of likely N-dealkylation sites (N-methyl/N-ethyl adjacent to an activating group) is 1. The number of hydrogen-bond acceptors (Lipinski definition) is 6. The largest absolute Gasteiger partial charge is 0.464 e. The topological polar surface area (TPSA) is 64.5 Å². The fraction of sp³-hybridized carbons (Fsp3) is 0.583. The highest BCUT2D eigenvalue weighted by Gasteiger charge is 2.28. The molecule has 1 aliphatic rings. The molecule has 2 rings (SSSR count). The van der Waals surface area contributed by atoms with Gasteiger partial charge < -0.3 is 14.4 Å². The molecule has 98 valence electrons. The number of aromatic nitrogens is 2. The number of rotatable bonds is 3. The molecule has 1 aromatic heterocycles. The lowest BCUT2D eigenvalue weighted by Crippen LogP contribution is -2.37. The van der Waals surface area contributed by atoms with Crippen molar-refractivity contribution in [2.75, 3.05) is 25.7 Å². The first kappa shape index (κ1) is 12.8. The van der Waals surface area contributed by atoms with Crippen molar-refractivity contribution < 1.29 is 14.3 Å². The van der Waals surface area contributed by atoms with E-state index in [0.717, 1.165) is 18.8 Å². The maximum atomic E-state index is 11.2. The summed E-state index contributed by atoms with van der Waals surface area (Å²) in [4.78, 5) is 21.6. The first-order chi connectivity index (χ1) is 8.63. The van der Waals surface area contributed by atoms with Crippen molar-refractivity contribution in [3.63, 3.8) is 0 Å². The van der Waals surface area contributed by atoms with Crippen LogP contribution in [0.1, 0.15) is 23.8 Å². The Hall–Kier alpha value is -1.69. The third-order valence-electron chi connectivity index (χ3n) is 3.23. The molecule has 0 saturated carbocycles. The Labute approximate surface area is 106 Å². The summed E-state index contributed by atoms with van der Waals surface area (Å²) in [5.41, 5.74) is 0.213. The van der Waals surface area contributed by atoms with Crippen LogP contribution in [0, 0.1) is 0 Å².